The van der Waals surface area contributed by atoms with Gasteiger partial charge in [0.15, 0.2) is 0 Å². The van der Waals surface area contributed by atoms with Crippen molar-refractivity contribution < 1.29 is 39.2 Å². The van der Waals surface area contributed by atoms with E-state index >= 15 is 0 Å². The second-order valence-corrected chi connectivity index (χ2v) is 6.61. The van der Waals surface area contributed by atoms with Gasteiger partial charge in [0.1, 0.15) is 0 Å². The second-order valence-electron chi connectivity index (χ2n) is 4.56. The van der Waals surface area contributed by atoms with E-state index in [2.05, 4.69) is 0 Å². The summed E-state index contributed by atoms with van der Waals surface area (Å²) in [5, 5.41) is -6.41. The summed E-state index contributed by atoms with van der Waals surface area (Å²) in [7, 11) is -6.45. The minimum absolute atomic E-state index is 0.0255. The number of nitrogen functional groups attached to an aromatic ring is 1. The van der Waals surface area contributed by atoms with Crippen LogP contribution in [0.5, 0.6) is 0 Å². The number of aryl methyl sites for hydroxylation is 2. The Hall–Kier alpha value is -1.52. The molecule has 0 bridgehead atoms. The Morgan fingerprint density at radius 2 is 1.18 bits per heavy atom. The Balaban J connectivity index is 3.77. The molecule has 0 fully saturated rings. The number of benzene rings is 1. The molecule has 2 N–H and O–H groups in total. The topological polar surface area (TPSA) is 60.2 Å². The quantitative estimate of drug-likeness (QED) is 0.654. The molecule has 0 aliphatic rings. The van der Waals surface area contributed by atoms with E-state index in [1.165, 1.54) is 13.8 Å². The monoisotopic (exact) mass is 353 g/mol. The van der Waals surface area contributed by atoms with E-state index in [4.69, 9.17) is 5.73 Å². The third-order valence-corrected chi connectivity index (χ3v) is 5.04. The Morgan fingerprint density at radius 1 is 0.864 bits per heavy atom. The van der Waals surface area contributed by atoms with Gasteiger partial charge in [0, 0.05) is 5.69 Å². The number of nitrogens with two attached hydrogens (primary N) is 1. The van der Waals surface area contributed by atoms with E-state index in [9.17, 15) is 39.2 Å². The molecule has 0 aromatic heterocycles. The second kappa shape index (κ2) is 5.00. The third kappa shape index (κ3) is 2.50. The van der Waals surface area contributed by atoms with Crippen molar-refractivity contribution in [3.05, 3.63) is 23.3 Å². The fourth-order valence-electron chi connectivity index (χ4n) is 1.72. The zero-order chi connectivity index (χ0) is 17.7. The van der Waals surface area contributed by atoms with Gasteiger partial charge in [0.25, 0.3) is 0 Å². The Kier molecular flexibility index (Phi) is 4.21. The Labute approximate surface area is 120 Å². The van der Waals surface area contributed by atoms with E-state index in [1.54, 1.807) is 0 Å². The summed E-state index contributed by atoms with van der Waals surface area (Å²) in [4.78, 5) is -1.45. The molecule has 22 heavy (non-hydrogen) atoms. The first kappa shape index (κ1) is 18.5. The molecule has 0 aliphatic heterocycles. The van der Waals surface area contributed by atoms with Crippen molar-refractivity contribution in [2.24, 2.45) is 0 Å². The molecular formula is C11H10F7NO2S. The first-order chi connectivity index (χ1) is 9.57. The molecule has 1 aromatic carbocycles. The van der Waals surface area contributed by atoms with Crippen molar-refractivity contribution in [3.63, 3.8) is 0 Å². The number of alkyl halides is 7. The predicted molar refractivity (Wildman–Crippen MR) is 63.5 cm³/mol. The number of halogens is 7. The fraction of sp³-hybridized carbons (Fsp3) is 0.455. The van der Waals surface area contributed by atoms with Crippen molar-refractivity contribution in [2.45, 2.75) is 36.1 Å². The summed E-state index contributed by atoms with van der Waals surface area (Å²) in [6.45, 7) is 2.34. The molecule has 3 nitrogen and oxygen atoms in total. The summed E-state index contributed by atoms with van der Waals surface area (Å²) < 4.78 is 113. The maximum atomic E-state index is 13.8. The first-order valence-corrected chi connectivity index (χ1v) is 6.99. The molecule has 0 radical (unpaired) electrons. The molecule has 0 aliphatic carbocycles. The van der Waals surface area contributed by atoms with Crippen LogP contribution in [-0.2, 0) is 9.84 Å². The van der Waals surface area contributed by atoms with Crippen molar-refractivity contribution in [3.8, 4) is 0 Å². The van der Waals surface area contributed by atoms with Gasteiger partial charge in [-0.25, -0.2) is 12.8 Å². The molecule has 0 saturated heterocycles. The summed E-state index contributed by atoms with van der Waals surface area (Å²) in [5.74, 6) is 0. The maximum Gasteiger partial charge on any atom is 0.447 e. The highest BCUT2D eigenvalue weighted by Crippen LogP contribution is 2.52. The van der Waals surface area contributed by atoms with Gasteiger partial charge in [-0.15, -0.1) is 0 Å². The SMILES string of the molecule is Cc1cc(S(=O)(=O)C(F)(C(F)(F)F)C(F)(F)F)cc(C)c1N. The largest absolute Gasteiger partial charge is 0.447 e. The fourth-order valence-corrected chi connectivity index (χ4v) is 3.32. The van der Waals surface area contributed by atoms with Crippen LogP contribution >= 0.6 is 0 Å². The molecule has 0 unspecified atom stereocenters. The van der Waals surface area contributed by atoms with Crippen LogP contribution in [0.4, 0.5) is 36.4 Å². The van der Waals surface area contributed by atoms with Crippen LogP contribution in [0.1, 0.15) is 11.1 Å². The minimum atomic E-state index is -6.70. The Morgan fingerprint density at radius 3 is 1.45 bits per heavy atom. The van der Waals surface area contributed by atoms with Gasteiger partial charge in [0.05, 0.1) is 4.90 Å². The van der Waals surface area contributed by atoms with Crippen molar-refractivity contribution >= 4 is 15.5 Å². The number of hydrogen-bond acceptors (Lipinski definition) is 3. The summed E-state index contributed by atoms with van der Waals surface area (Å²) in [6, 6.07) is 0.924. The highest BCUT2D eigenvalue weighted by atomic mass is 32.2. The average molecular weight is 353 g/mol. The van der Waals surface area contributed by atoms with Crippen molar-refractivity contribution in [1.29, 1.82) is 0 Å². The normalized spacial score (nSPS) is 14.2. The van der Waals surface area contributed by atoms with Gasteiger partial charge in [0.2, 0.25) is 9.84 Å². The molecule has 0 atom stereocenters. The van der Waals surface area contributed by atoms with Crippen LogP contribution in [0.25, 0.3) is 0 Å². The summed E-state index contributed by atoms with van der Waals surface area (Å²) in [5.41, 5.74) is 5.23. The Bertz CT molecular complexity index is 654. The van der Waals surface area contributed by atoms with Crippen molar-refractivity contribution in [2.75, 3.05) is 5.73 Å². The molecule has 0 heterocycles. The lowest BCUT2D eigenvalue weighted by Gasteiger charge is -2.29. The number of anilines is 1. The number of sulfone groups is 1. The average Bonchev–Trinajstić information content (AvgIpc) is 2.31. The van der Waals surface area contributed by atoms with Crippen LogP contribution < -0.4 is 5.73 Å². The van der Waals surface area contributed by atoms with E-state index in [1.807, 2.05) is 0 Å². The van der Waals surface area contributed by atoms with E-state index < -0.39 is 32.1 Å². The molecular weight excluding hydrogens is 343 g/mol. The molecule has 0 spiro atoms. The number of hydrogen-bond donors (Lipinski definition) is 1. The predicted octanol–water partition coefficient (Wildman–Crippen LogP) is 3.45. The van der Waals surface area contributed by atoms with Crippen LogP contribution in [0.3, 0.4) is 0 Å². The zero-order valence-corrected chi connectivity index (χ0v) is 11.9. The molecule has 126 valence electrons. The van der Waals surface area contributed by atoms with Gasteiger partial charge in [-0.1, -0.05) is 0 Å². The lowest BCUT2D eigenvalue weighted by Crippen LogP contribution is -2.58. The van der Waals surface area contributed by atoms with Gasteiger partial charge >= 0.3 is 17.4 Å². The lowest BCUT2D eigenvalue weighted by atomic mass is 10.1. The summed E-state index contributed by atoms with van der Waals surface area (Å²) in [6.07, 6.45) is -13.4. The van der Waals surface area contributed by atoms with Crippen LogP contribution in [0.2, 0.25) is 0 Å². The van der Waals surface area contributed by atoms with E-state index in [0.717, 1.165) is 0 Å². The standard InChI is InChI=1S/C11H10F7NO2S/c1-5-3-7(4-6(2)8(5)19)22(20,21)9(12,10(13,14)15)11(16,17)18/h3-4H,19H2,1-2H3. The van der Waals surface area contributed by atoms with Gasteiger partial charge in [-0.3, -0.25) is 0 Å². The van der Waals surface area contributed by atoms with Gasteiger partial charge < -0.3 is 5.73 Å². The maximum absolute atomic E-state index is 13.8. The summed E-state index contributed by atoms with van der Waals surface area (Å²) >= 11 is 0. The smallest absolute Gasteiger partial charge is 0.398 e. The zero-order valence-electron chi connectivity index (χ0n) is 11.1. The third-order valence-electron chi connectivity index (χ3n) is 2.98. The van der Waals surface area contributed by atoms with Crippen LogP contribution in [0, 0.1) is 13.8 Å². The molecule has 0 saturated carbocycles. The highest BCUT2D eigenvalue weighted by Gasteiger charge is 2.80. The van der Waals surface area contributed by atoms with E-state index in [-0.39, 0.29) is 16.8 Å². The van der Waals surface area contributed by atoms with Crippen molar-refractivity contribution in [1.82, 2.24) is 0 Å². The number of rotatable bonds is 2. The molecule has 1 rings (SSSR count). The molecule has 11 heteroatoms. The molecule has 0 amide bonds. The van der Waals surface area contributed by atoms with Gasteiger partial charge in [-0.05, 0) is 37.1 Å². The highest BCUT2D eigenvalue weighted by molar-refractivity contribution is 7.92. The van der Waals surface area contributed by atoms with Crippen LogP contribution in [0.15, 0.2) is 17.0 Å². The lowest BCUT2D eigenvalue weighted by molar-refractivity contribution is -0.305. The van der Waals surface area contributed by atoms with Crippen LogP contribution in [-0.4, -0.2) is 25.8 Å². The first-order valence-electron chi connectivity index (χ1n) is 5.51. The van der Waals surface area contributed by atoms with E-state index in [0.29, 0.717) is 12.1 Å². The molecule has 1 aromatic rings. The minimum Gasteiger partial charge on any atom is -0.398 e. The van der Waals surface area contributed by atoms with Gasteiger partial charge in [-0.2, -0.15) is 26.3 Å².